The number of hydrogen-bond donors (Lipinski definition) is 3. The highest BCUT2D eigenvalue weighted by Crippen LogP contribution is 2.39. The fourth-order valence-electron chi connectivity index (χ4n) is 2.46. The van der Waals surface area contributed by atoms with Crippen LogP contribution in [0.15, 0.2) is 35.3 Å². The molecular formula is C15H13N5O2. The molecule has 3 N–H and O–H groups in total. The Bertz CT molecular complexity index is 923. The number of carbonyl (C=O) groups excluding carboxylic acids is 1. The quantitative estimate of drug-likeness (QED) is 0.685. The van der Waals surface area contributed by atoms with Crippen molar-refractivity contribution >= 4 is 22.6 Å². The molecule has 0 radical (unpaired) electrons. The molecule has 0 spiro atoms. The highest BCUT2D eigenvalue weighted by atomic mass is 16.2. The average Bonchev–Trinajstić information content (AvgIpc) is 3.28. The molecule has 1 fully saturated rings. The van der Waals surface area contributed by atoms with Crippen molar-refractivity contribution in [2.24, 2.45) is 0 Å². The molecule has 2 heterocycles. The molecule has 7 nitrogen and oxygen atoms in total. The lowest BCUT2D eigenvalue weighted by Crippen LogP contribution is -2.19. The molecule has 7 heteroatoms. The van der Waals surface area contributed by atoms with Crippen LogP contribution in [0.3, 0.4) is 0 Å². The zero-order chi connectivity index (χ0) is 15.1. The van der Waals surface area contributed by atoms with Crippen molar-refractivity contribution in [2.75, 3.05) is 5.32 Å². The van der Waals surface area contributed by atoms with Gasteiger partial charge in [0.15, 0.2) is 5.69 Å². The Hall–Kier alpha value is -2.96. The van der Waals surface area contributed by atoms with Crippen LogP contribution < -0.4 is 10.9 Å². The van der Waals surface area contributed by atoms with Gasteiger partial charge in [0, 0.05) is 17.0 Å². The summed E-state index contributed by atoms with van der Waals surface area (Å²) in [6.07, 6.45) is 4.05. The van der Waals surface area contributed by atoms with E-state index in [-0.39, 0.29) is 11.3 Å². The van der Waals surface area contributed by atoms with Crippen LogP contribution in [0.1, 0.15) is 34.9 Å². The molecule has 3 aromatic rings. The van der Waals surface area contributed by atoms with E-state index in [0.717, 1.165) is 18.5 Å². The van der Waals surface area contributed by atoms with Gasteiger partial charge in [-0.05, 0) is 18.9 Å². The van der Waals surface area contributed by atoms with E-state index in [9.17, 15) is 9.59 Å². The molecule has 1 saturated carbocycles. The topological polar surface area (TPSA) is 104 Å². The number of anilines is 1. The molecule has 1 aliphatic carbocycles. The number of benzene rings is 1. The van der Waals surface area contributed by atoms with Crippen molar-refractivity contribution in [1.29, 1.82) is 0 Å². The molecule has 22 heavy (non-hydrogen) atoms. The first-order valence-electron chi connectivity index (χ1n) is 7.06. The summed E-state index contributed by atoms with van der Waals surface area (Å²) in [5.74, 6) is 0.512. The van der Waals surface area contributed by atoms with Gasteiger partial charge in [-0.2, -0.15) is 5.10 Å². The van der Waals surface area contributed by atoms with Gasteiger partial charge in [-0.25, -0.2) is 10.1 Å². The highest BCUT2D eigenvalue weighted by molar-refractivity contribution is 6.10. The van der Waals surface area contributed by atoms with Crippen LogP contribution in [-0.4, -0.2) is 26.1 Å². The monoisotopic (exact) mass is 295 g/mol. The molecule has 110 valence electrons. The van der Waals surface area contributed by atoms with Gasteiger partial charge < -0.3 is 4.98 Å². The fraction of sp³-hybridized carbons (Fsp3) is 0.200. The van der Waals surface area contributed by atoms with Gasteiger partial charge in [0.2, 0.25) is 5.95 Å². The Morgan fingerprint density at radius 2 is 2.00 bits per heavy atom. The molecule has 2 aromatic heterocycles. The van der Waals surface area contributed by atoms with Gasteiger partial charge >= 0.3 is 0 Å². The number of imidazole rings is 1. The third-order valence-corrected chi connectivity index (χ3v) is 3.76. The lowest BCUT2D eigenvalue weighted by Gasteiger charge is -2.04. The number of aromatic nitrogens is 4. The average molecular weight is 295 g/mol. The van der Waals surface area contributed by atoms with E-state index in [1.807, 2.05) is 0 Å². The molecule has 1 aromatic carbocycles. The number of aromatic amines is 2. The van der Waals surface area contributed by atoms with E-state index in [0.29, 0.717) is 22.6 Å². The summed E-state index contributed by atoms with van der Waals surface area (Å²) in [6, 6.07) is 6.86. The van der Waals surface area contributed by atoms with Crippen molar-refractivity contribution in [3.8, 4) is 0 Å². The molecule has 1 amide bonds. The minimum atomic E-state index is -0.413. The van der Waals surface area contributed by atoms with Gasteiger partial charge in [0.1, 0.15) is 0 Å². The normalized spacial score (nSPS) is 14.2. The maximum Gasteiger partial charge on any atom is 0.279 e. The molecule has 4 rings (SSSR count). The van der Waals surface area contributed by atoms with E-state index in [2.05, 4.69) is 25.5 Å². The SMILES string of the molecule is O=C(Nc1ncc(C2CC2)[nH]1)c1n[nH]c(=O)c2ccccc12. The Morgan fingerprint density at radius 3 is 2.77 bits per heavy atom. The van der Waals surface area contributed by atoms with Gasteiger partial charge in [-0.15, -0.1) is 0 Å². The number of carbonyl (C=O) groups is 1. The maximum absolute atomic E-state index is 12.4. The summed E-state index contributed by atoms with van der Waals surface area (Å²) >= 11 is 0. The first-order chi connectivity index (χ1) is 10.7. The summed E-state index contributed by atoms with van der Waals surface area (Å²) in [5, 5.41) is 9.84. The van der Waals surface area contributed by atoms with Crippen LogP contribution in [-0.2, 0) is 0 Å². The fourth-order valence-corrected chi connectivity index (χ4v) is 2.46. The van der Waals surface area contributed by atoms with Crippen molar-refractivity contribution in [3.05, 3.63) is 52.2 Å². The molecule has 0 unspecified atom stereocenters. The third kappa shape index (κ3) is 2.16. The van der Waals surface area contributed by atoms with E-state index < -0.39 is 5.91 Å². The second-order valence-corrected chi connectivity index (χ2v) is 5.36. The second kappa shape index (κ2) is 4.80. The predicted molar refractivity (Wildman–Crippen MR) is 80.9 cm³/mol. The Kier molecular flexibility index (Phi) is 2.78. The zero-order valence-electron chi connectivity index (χ0n) is 11.6. The van der Waals surface area contributed by atoms with E-state index in [4.69, 9.17) is 0 Å². The minimum Gasteiger partial charge on any atom is -0.328 e. The molecule has 1 aliphatic rings. The van der Waals surface area contributed by atoms with Crippen molar-refractivity contribution in [2.45, 2.75) is 18.8 Å². The summed E-state index contributed by atoms with van der Waals surface area (Å²) in [6.45, 7) is 0. The lowest BCUT2D eigenvalue weighted by molar-refractivity contribution is 0.102. The third-order valence-electron chi connectivity index (χ3n) is 3.76. The largest absolute Gasteiger partial charge is 0.328 e. The van der Waals surface area contributed by atoms with Crippen molar-refractivity contribution in [3.63, 3.8) is 0 Å². The number of nitrogens with zero attached hydrogens (tertiary/aromatic N) is 2. The summed E-state index contributed by atoms with van der Waals surface area (Å²) in [7, 11) is 0. The van der Waals surface area contributed by atoms with Crippen LogP contribution in [0.4, 0.5) is 5.95 Å². The van der Waals surface area contributed by atoms with Gasteiger partial charge in [-0.1, -0.05) is 18.2 Å². The predicted octanol–water partition coefficient (Wildman–Crippen LogP) is 1.78. The van der Waals surface area contributed by atoms with Crippen LogP contribution in [0.5, 0.6) is 0 Å². The molecule has 0 saturated heterocycles. The van der Waals surface area contributed by atoms with Crippen LogP contribution >= 0.6 is 0 Å². The molecular weight excluding hydrogens is 282 g/mol. The molecule has 0 bridgehead atoms. The van der Waals surface area contributed by atoms with Crippen LogP contribution in [0.25, 0.3) is 10.8 Å². The summed E-state index contributed by atoms with van der Waals surface area (Å²) in [5.41, 5.74) is 0.885. The first-order valence-corrected chi connectivity index (χ1v) is 7.06. The van der Waals surface area contributed by atoms with E-state index in [1.165, 1.54) is 0 Å². The maximum atomic E-state index is 12.4. The van der Waals surface area contributed by atoms with Crippen LogP contribution in [0, 0.1) is 0 Å². The number of fused-ring (bicyclic) bond motifs is 1. The minimum absolute atomic E-state index is 0.166. The zero-order valence-corrected chi connectivity index (χ0v) is 11.6. The van der Waals surface area contributed by atoms with Crippen molar-refractivity contribution in [1.82, 2.24) is 20.2 Å². The molecule has 0 atom stereocenters. The Labute approximate surface area is 124 Å². The van der Waals surface area contributed by atoms with Crippen LogP contribution in [0.2, 0.25) is 0 Å². The summed E-state index contributed by atoms with van der Waals surface area (Å²) < 4.78 is 0. The number of rotatable bonds is 3. The molecule has 0 aliphatic heterocycles. The smallest absolute Gasteiger partial charge is 0.279 e. The number of nitrogens with one attached hydrogen (secondary N) is 3. The van der Waals surface area contributed by atoms with Gasteiger partial charge in [0.25, 0.3) is 11.5 Å². The number of hydrogen-bond acceptors (Lipinski definition) is 4. The summed E-state index contributed by atoms with van der Waals surface area (Å²) in [4.78, 5) is 31.4. The highest BCUT2D eigenvalue weighted by Gasteiger charge is 2.25. The first kappa shape index (κ1) is 12.8. The van der Waals surface area contributed by atoms with Gasteiger partial charge in [-0.3, -0.25) is 14.9 Å². The second-order valence-electron chi connectivity index (χ2n) is 5.36. The number of amides is 1. The Morgan fingerprint density at radius 1 is 1.23 bits per heavy atom. The van der Waals surface area contributed by atoms with E-state index in [1.54, 1.807) is 30.5 Å². The van der Waals surface area contributed by atoms with Crippen molar-refractivity contribution < 1.29 is 4.79 Å². The Balaban J connectivity index is 1.67. The number of H-pyrrole nitrogens is 2. The standard InChI is InChI=1S/C15H13N5O2/c21-13-10-4-2-1-3-9(10)12(19-20-13)14(22)18-15-16-7-11(17-15)8-5-6-8/h1-4,7-8H,5-6H2,(H,20,21)(H2,16,17,18,22). The lowest BCUT2D eigenvalue weighted by atomic mass is 10.1. The van der Waals surface area contributed by atoms with E-state index >= 15 is 0 Å². The van der Waals surface area contributed by atoms with Gasteiger partial charge in [0.05, 0.1) is 11.6 Å².